The van der Waals surface area contributed by atoms with Crippen LogP contribution in [0, 0.1) is 6.92 Å². The normalized spacial score (nSPS) is 12.1. The van der Waals surface area contributed by atoms with E-state index < -0.39 is 5.97 Å². The van der Waals surface area contributed by atoms with Crippen molar-refractivity contribution in [2.45, 2.75) is 13.3 Å². The molecule has 4 heteroatoms. The molecule has 1 aromatic heterocycles. The maximum absolute atomic E-state index is 11.2. The molecule has 0 atom stereocenters. The topological polar surface area (TPSA) is 63.1 Å². The predicted molar refractivity (Wildman–Crippen MR) is 62.0 cm³/mol. The minimum atomic E-state index is -0.897. The summed E-state index contributed by atoms with van der Waals surface area (Å²) in [6.45, 7) is 2.00. The average molecular weight is 226 g/mol. The number of carbonyl (C=O) groups is 1. The Morgan fingerprint density at radius 1 is 1.29 bits per heavy atom. The number of hydrogen-bond acceptors (Lipinski definition) is 3. The maximum atomic E-state index is 11.2. The van der Waals surface area contributed by atoms with Crippen molar-refractivity contribution in [3.05, 3.63) is 46.8 Å². The number of nitrogens with zero attached hydrogens (tertiary/aromatic N) is 2. The van der Waals surface area contributed by atoms with Crippen LogP contribution in [0.4, 0.5) is 0 Å². The highest BCUT2D eigenvalue weighted by Crippen LogP contribution is 2.39. The Morgan fingerprint density at radius 3 is 2.82 bits per heavy atom. The predicted octanol–water partition coefficient (Wildman–Crippen LogP) is 2.05. The third kappa shape index (κ3) is 1.34. The van der Waals surface area contributed by atoms with Gasteiger partial charge in [-0.15, -0.1) is 0 Å². The van der Waals surface area contributed by atoms with Crippen LogP contribution in [0.3, 0.4) is 0 Å². The van der Waals surface area contributed by atoms with Gasteiger partial charge in [-0.1, -0.05) is 6.07 Å². The highest BCUT2D eigenvalue weighted by molar-refractivity contribution is 5.99. The summed E-state index contributed by atoms with van der Waals surface area (Å²) < 4.78 is 0. The maximum Gasteiger partial charge on any atom is 0.336 e. The van der Waals surface area contributed by atoms with Gasteiger partial charge in [0.15, 0.2) is 0 Å². The van der Waals surface area contributed by atoms with Crippen LogP contribution in [0.5, 0.6) is 0 Å². The van der Waals surface area contributed by atoms with Crippen molar-refractivity contribution in [3.8, 4) is 11.1 Å². The summed E-state index contributed by atoms with van der Waals surface area (Å²) in [6, 6.07) is 3.51. The average Bonchev–Trinajstić information content (AvgIpc) is 2.69. The number of aromatic carboxylic acids is 1. The van der Waals surface area contributed by atoms with Gasteiger partial charge in [-0.05, 0) is 29.7 Å². The fourth-order valence-corrected chi connectivity index (χ4v) is 2.37. The van der Waals surface area contributed by atoms with Crippen molar-refractivity contribution in [2.24, 2.45) is 0 Å². The molecule has 0 spiro atoms. The van der Waals surface area contributed by atoms with E-state index in [-0.39, 0.29) is 0 Å². The number of rotatable bonds is 1. The molecule has 0 saturated heterocycles. The van der Waals surface area contributed by atoms with Crippen LogP contribution in [-0.4, -0.2) is 21.3 Å². The molecule has 0 radical (unpaired) electrons. The second-order valence-corrected chi connectivity index (χ2v) is 4.19. The van der Waals surface area contributed by atoms with Crippen molar-refractivity contribution in [2.75, 3.05) is 0 Å². The van der Waals surface area contributed by atoms with E-state index in [1.165, 1.54) is 0 Å². The smallest absolute Gasteiger partial charge is 0.336 e. The summed E-state index contributed by atoms with van der Waals surface area (Å²) in [5.41, 5.74) is 5.29. The molecular weight excluding hydrogens is 216 g/mol. The zero-order chi connectivity index (χ0) is 12.0. The van der Waals surface area contributed by atoms with Gasteiger partial charge in [-0.2, -0.15) is 10.2 Å². The van der Waals surface area contributed by atoms with E-state index in [1.807, 2.05) is 13.0 Å². The van der Waals surface area contributed by atoms with Crippen LogP contribution in [0.1, 0.15) is 27.0 Å². The molecule has 0 saturated carbocycles. The summed E-state index contributed by atoms with van der Waals surface area (Å²) >= 11 is 0. The van der Waals surface area contributed by atoms with Crippen LogP contribution in [0.25, 0.3) is 11.1 Å². The van der Waals surface area contributed by atoms with E-state index in [4.69, 9.17) is 0 Å². The monoisotopic (exact) mass is 226 g/mol. The molecule has 0 unspecified atom stereocenters. The molecule has 3 rings (SSSR count). The first-order chi connectivity index (χ1) is 8.18. The van der Waals surface area contributed by atoms with Crippen LogP contribution >= 0.6 is 0 Å². The van der Waals surface area contributed by atoms with Crippen LogP contribution < -0.4 is 0 Å². The van der Waals surface area contributed by atoms with Gasteiger partial charge in [0, 0.05) is 17.5 Å². The minimum Gasteiger partial charge on any atom is -0.478 e. The molecule has 2 aromatic rings. The van der Waals surface area contributed by atoms with Gasteiger partial charge in [0.05, 0.1) is 18.0 Å². The molecule has 84 valence electrons. The lowest BCUT2D eigenvalue weighted by molar-refractivity contribution is 0.0697. The molecule has 0 bridgehead atoms. The van der Waals surface area contributed by atoms with Gasteiger partial charge in [0.2, 0.25) is 0 Å². The third-order valence-electron chi connectivity index (χ3n) is 3.23. The van der Waals surface area contributed by atoms with Crippen molar-refractivity contribution >= 4 is 5.97 Å². The van der Waals surface area contributed by atoms with E-state index in [0.29, 0.717) is 5.56 Å². The molecular formula is C13H10N2O2. The number of hydrogen-bond donors (Lipinski definition) is 1. The molecule has 1 heterocycles. The second kappa shape index (κ2) is 3.38. The summed E-state index contributed by atoms with van der Waals surface area (Å²) in [5, 5.41) is 16.9. The van der Waals surface area contributed by atoms with E-state index >= 15 is 0 Å². The van der Waals surface area contributed by atoms with Crippen LogP contribution in [0.2, 0.25) is 0 Å². The molecule has 0 aliphatic heterocycles. The van der Waals surface area contributed by atoms with Crippen molar-refractivity contribution in [1.29, 1.82) is 0 Å². The van der Waals surface area contributed by atoms with E-state index in [9.17, 15) is 9.90 Å². The molecule has 4 nitrogen and oxygen atoms in total. The lowest BCUT2D eigenvalue weighted by Gasteiger charge is -2.07. The molecule has 0 fully saturated rings. The van der Waals surface area contributed by atoms with Crippen molar-refractivity contribution < 1.29 is 9.90 Å². The first-order valence-electron chi connectivity index (χ1n) is 5.34. The van der Waals surface area contributed by atoms with Gasteiger partial charge in [0.25, 0.3) is 0 Å². The Balaban J connectivity index is 2.37. The van der Waals surface area contributed by atoms with E-state index in [2.05, 4.69) is 10.2 Å². The van der Waals surface area contributed by atoms with Gasteiger partial charge in [-0.3, -0.25) is 0 Å². The second-order valence-electron chi connectivity index (χ2n) is 4.19. The van der Waals surface area contributed by atoms with Crippen LogP contribution in [-0.2, 0) is 6.42 Å². The lowest BCUT2D eigenvalue weighted by Crippen LogP contribution is -2.01. The number of benzene rings is 1. The summed E-state index contributed by atoms with van der Waals surface area (Å²) in [4.78, 5) is 11.2. The Morgan fingerprint density at radius 2 is 2.06 bits per heavy atom. The molecule has 1 aliphatic rings. The zero-order valence-corrected chi connectivity index (χ0v) is 9.27. The fourth-order valence-electron chi connectivity index (χ4n) is 2.37. The van der Waals surface area contributed by atoms with Crippen LogP contribution in [0.15, 0.2) is 24.5 Å². The van der Waals surface area contributed by atoms with Crippen molar-refractivity contribution in [1.82, 2.24) is 10.2 Å². The lowest BCUT2D eigenvalue weighted by atomic mass is 9.97. The Hall–Kier alpha value is -2.23. The first kappa shape index (κ1) is 9.96. The Kier molecular flexibility index (Phi) is 1.98. The highest BCUT2D eigenvalue weighted by Gasteiger charge is 2.25. The molecule has 1 aliphatic carbocycles. The number of aromatic nitrogens is 2. The van der Waals surface area contributed by atoms with E-state index in [1.54, 1.807) is 18.5 Å². The molecule has 0 amide bonds. The number of carboxylic acid groups (broad SMARTS) is 1. The Labute approximate surface area is 97.9 Å². The zero-order valence-electron chi connectivity index (χ0n) is 9.27. The van der Waals surface area contributed by atoms with Crippen molar-refractivity contribution in [3.63, 3.8) is 0 Å². The van der Waals surface area contributed by atoms with Gasteiger partial charge in [0.1, 0.15) is 0 Å². The summed E-state index contributed by atoms with van der Waals surface area (Å²) in [5.74, 6) is -0.897. The summed E-state index contributed by atoms with van der Waals surface area (Å²) in [7, 11) is 0. The largest absolute Gasteiger partial charge is 0.478 e. The van der Waals surface area contributed by atoms with Gasteiger partial charge < -0.3 is 5.11 Å². The quantitative estimate of drug-likeness (QED) is 0.689. The summed E-state index contributed by atoms with van der Waals surface area (Å²) in [6.07, 6.45) is 4.10. The molecule has 17 heavy (non-hydrogen) atoms. The molecule has 1 N–H and O–H groups in total. The number of aryl methyl sites for hydroxylation is 1. The molecule has 1 aromatic carbocycles. The third-order valence-corrected chi connectivity index (χ3v) is 3.23. The number of carboxylic acids is 1. The van der Waals surface area contributed by atoms with E-state index in [0.717, 1.165) is 34.2 Å². The minimum absolute atomic E-state index is 0.345. The Bertz CT molecular complexity index is 635. The van der Waals surface area contributed by atoms with Gasteiger partial charge >= 0.3 is 5.97 Å². The fraction of sp³-hybridized carbons (Fsp3) is 0.154. The van der Waals surface area contributed by atoms with Gasteiger partial charge in [-0.25, -0.2) is 4.79 Å². The first-order valence-corrected chi connectivity index (χ1v) is 5.34. The standard InChI is InChI=1S/C13H10N2O2/c1-7-2-3-9(13(16)17)12-10(7)4-8-5-14-15-6-11(8)12/h2-3,5-6H,4H2,1H3,(H,16,17). The number of fused-ring (bicyclic) bond motifs is 3. The SMILES string of the molecule is Cc1ccc(C(=O)O)c2c1Cc1cnncc1-2. The highest BCUT2D eigenvalue weighted by atomic mass is 16.4.